The van der Waals surface area contributed by atoms with E-state index in [0.717, 1.165) is 17.1 Å². The molecule has 0 saturated carbocycles. The third kappa shape index (κ3) is 2.98. The van der Waals surface area contributed by atoms with Gasteiger partial charge in [0.15, 0.2) is 0 Å². The SMILES string of the molecule is NNc1ccc(SCc2ccccn2)cc1. The van der Waals surface area contributed by atoms with Crippen LogP contribution in [0.15, 0.2) is 53.6 Å². The molecule has 0 spiro atoms. The highest BCUT2D eigenvalue weighted by atomic mass is 32.2. The van der Waals surface area contributed by atoms with Crippen LogP contribution in [-0.4, -0.2) is 4.98 Å². The number of benzene rings is 1. The van der Waals surface area contributed by atoms with E-state index in [2.05, 4.69) is 10.4 Å². The molecule has 0 fully saturated rings. The van der Waals surface area contributed by atoms with E-state index in [9.17, 15) is 0 Å². The van der Waals surface area contributed by atoms with Crippen LogP contribution in [0.1, 0.15) is 5.69 Å². The van der Waals surface area contributed by atoms with Gasteiger partial charge in [0.05, 0.1) is 5.69 Å². The van der Waals surface area contributed by atoms with E-state index < -0.39 is 0 Å². The van der Waals surface area contributed by atoms with Crippen LogP contribution in [0.3, 0.4) is 0 Å². The number of nitrogens with zero attached hydrogens (tertiary/aromatic N) is 1. The summed E-state index contributed by atoms with van der Waals surface area (Å²) >= 11 is 1.76. The molecule has 0 atom stereocenters. The van der Waals surface area contributed by atoms with Crippen molar-refractivity contribution in [3.05, 3.63) is 54.4 Å². The third-order valence-corrected chi connectivity index (χ3v) is 3.18. The fourth-order valence-electron chi connectivity index (χ4n) is 1.29. The summed E-state index contributed by atoms with van der Waals surface area (Å²) in [5.41, 5.74) is 4.62. The molecular weight excluding hydrogens is 218 g/mol. The van der Waals surface area contributed by atoms with E-state index in [4.69, 9.17) is 5.84 Å². The maximum Gasteiger partial charge on any atom is 0.0506 e. The molecule has 1 heterocycles. The van der Waals surface area contributed by atoms with E-state index in [1.165, 1.54) is 4.90 Å². The summed E-state index contributed by atoms with van der Waals surface area (Å²) in [5, 5.41) is 0. The molecule has 0 saturated heterocycles. The summed E-state index contributed by atoms with van der Waals surface area (Å²) in [6.45, 7) is 0. The lowest BCUT2D eigenvalue weighted by atomic mass is 10.3. The van der Waals surface area contributed by atoms with Crippen molar-refractivity contribution in [1.29, 1.82) is 0 Å². The lowest BCUT2D eigenvalue weighted by Crippen LogP contribution is -2.05. The Morgan fingerprint density at radius 1 is 1.12 bits per heavy atom. The van der Waals surface area contributed by atoms with Crippen molar-refractivity contribution in [2.24, 2.45) is 5.84 Å². The average molecular weight is 231 g/mol. The monoisotopic (exact) mass is 231 g/mol. The summed E-state index contributed by atoms with van der Waals surface area (Å²) < 4.78 is 0. The van der Waals surface area contributed by atoms with Crippen molar-refractivity contribution >= 4 is 17.4 Å². The molecule has 1 aromatic heterocycles. The fraction of sp³-hybridized carbons (Fsp3) is 0.0833. The maximum absolute atomic E-state index is 5.30. The lowest BCUT2D eigenvalue weighted by Gasteiger charge is -2.03. The summed E-state index contributed by atoms with van der Waals surface area (Å²) in [5.74, 6) is 6.18. The van der Waals surface area contributed by atoms with E-state index in [1.54, 1.807) is 11.8 Å². The fourth-order valence-corrected chi connectivity index (χ4v) is 2.10. The predicted molar refractivity (Wildman–Crippen MR) is 68.1 cm³/mol. The molecule has 0 amide bonds. The molecule has 0 radical (unpaired) electrons. The van der Waals surface area contributed by atoms with Gasteiger partial charge in [0.2, 0.25) is 0 Å². The van der Waals surface area contributed by atoms with Gasteiger partial charge >= 0.3 is 0 Å². The van der Waals surface area contributed by atoms with Gasteiger partial charge in [-0.15, -0.1) is 11.8 Å². The summed E-state index contributed by atoms with van der Waals surface area (Å²) in [7, 11) is 0. The number of nitrogens with one attached hydrogen (secondary N) is 1. The molecule has 0 unspecified atom stereocenters. The second kappa shape index (κ2) is 5.53. The Bertz CT molecular complexity index is 428. The first-order valence-corrected chi connectivity index (χ1v) is 5.96. The quantitative estimate of drug-likeness (QED) is 0.482. The van der Waals surface area contributed by atoms with E-state index >= 15 is 0 Å². The molecule has 16 heavy (non-hydrogen) atoms. The molecular formula is C12H13N3S. The number of pyridine rings is 1. The van der Waals surface area contributed by atoms with Gasteiger partial charge in [-0.3, -0.25) is 10.8 Å². The molecule has 0 bridgehead atoms. The van der Waals surface area contributed by atoms with Crippen LogP contribution in [0, 0.1) is 0 Å². The van der Waals surface area contributed by atoms with Gasteiger partial charge in [-0.05, 0) is 36.4 Å². The van der Waals surface area contributed by atoms with E-state index in [1.807, 2.05) is 48.7 Å². The zero-order chi connectivity index (χ0) is 11.2. The van der Waals surface area contributed by atoms with E-state index in [-0.39, 0.29) is 0 Å². The minimum absolute atomic E-state index is 0.885. The number of hydrazine groups is 1. The predicted octanol–water partition coefficient (Wildman–Crippen LogP) is 2.66. The van der Waals surface area contributed by atoms with Crippen LogP contribution in [0.2, 0.25) is 0 Å². The Balaban J connectivity index is 1.94. The molecule has 0 aliphatic rings. The van der Waals surface area contributed by atoms with Crippen molar-refractivity contribution in [3.8, 4) is 0 Å². The van der Waals surface area contributed by atoms with Crippen LogP contribution in [0.25, 0.3) is 0 Å². The van der Waals surface area contributed by atoms with Crippen molar-refractivity contribution in [3.63, 3.8) is 0 Å². The molecule has 3 N–H and O–H groups in total. The highest BCUT2D eigenvalue weighted by Gasteiger charge is 1.96. The highest BCUT2D eigenvalue weighted by molar-refractivity contribution is 7.98. The first kappa shape index (κ1) is 11.0. The summed E-state index contributed by atoms with van der Waals surface area (Å²) in [6, 6.07) is 14.0. The number of nitrogen functional groups attached to an aromatic ring is 1. The molecule has 2 aromatic rings. The minimum Gasteiger partial charge on any atom is -0.324 e. The molecule has 82 valence electrons. The van der Waals surface area contributed by atoms with Gasteiger partial charge in [-0.25, -0.2) is 0 Å². The molecule has 1 aromatic carbocycles. The Morgan fingerprint density at radius 3 is 2.56 bits per heavy atom. The Hall–Kier alpha value is -1.52. The number of hydrogen-bond acceptors (Lipinski definition) is 4. The lowest BCUT2D eigenvalue weighted by molar-refractivity contribution is 1.17. The van der Waals surface area contributed by atoms with Crippen molar-refractivity contribution in [1.82, 2.24) is 4.98 Å². The maximum atomic E-state index is 5.30. The van der Waals surface area contributed by atoms with Gasteiger partial charge in [0.25, 0.3) is 0 Å². The van der Waals surface area contributed by atoms with Crippen LogP contribution in [0.4, 0.5) is 5.69 Å². The van der Waals surface area contributed by atoms with Gasteiger partial charge in [0.1, 0.15) is 0 Å². The zero-order valence-electron chi connectivity index (χ0n) is 8.76. The largest absolute Gasteiger partial charge is 0.324 e. The number of anilines is 1. The Morgan fingerprint density at radius 2 is 1.94 bits per heavy atom. The molecule has 0 aliphatic carbocycles. The molecule has 3 nitrogen and oxygen atoms in total. The van der Waals surface area contributed by atoms with Crippen LogP contribution >= 0.6 is 11.8 Å². The number of rotatable bonds is 4. The summed E-state index contributed by atoms with van der Waals surface area (Å²) in [4.78, 5) is 5.49. The van der Waals surface area contributed by atoms with Crippen LogP contribution in [0.5, 0.6) is 0 Å². The van der Waals surface area contributed by atoms with Crippen molar-refractivity contribution in [2.45, 2.75) is 10.6 Å². The van der Waals surface area contributed by atoms with Gasteiger partial charge in [0, 0.05) is 22.5 Å². The molecule has 2 rings (SSSR count). The number of aromatic nitrogens is 1. The van der Waals surface area contributed by atoms with Crippen LogP contribution < -0.4 is 11.3 Å². The summed E-state index contributed by atoms with van der Waals surface area (Å²) in [6.07, 6.45) is 1.82. The second-order valence-electron chi connectivity index (χ2n) is 3.28. The molecule has 4 heteroatoms. The van der Waals surface area contributed by atoms with Crippen molar-refractivity contribution < 1.29 is 0 Å². The Labute approximate surface area is 99.1 Å². The number of hydrogen-bond donors (Lipinski definition) is 2. The number of nitrogens with two attached hydrogens (primary N) is 1. The first-order valence-electron chi connectivity index (χ1n) is 4.98. The number of thioether (sulfide) groups is 1. The Kier molecular flexibility index (Phi) is 3.80. The van der Waals surface area contributed by atoms with Crippen LogP contribution in [-0.2, 0) is 5.75 Å². The average Bonchev–Trinajstić information content (AvgIpc) is 2.38. The minimum atomic E-state index is 0.885. The van der Waals surface area contributed by atoms with Gasteiger partial charge in [-0.1, -0.05) is 6.07 Å². The normalized spacial score (nSPS) is 10.1. The van der Waals surface area contributed by atoms with Gasteiger partial charge in [-0.2, -0.15) is 0 Å². The molecule has 0 aliphatic heterocycles. The smallest absolute Gasteiger partial charge is 0.0506 e. The zero-order valence-corrected chi connectivity index (χ0v) is 9.58. The highest BCUT2D eigenvalue weighted by Crippen LogP contribution is 2.22. The second-order valence-corrected chi connectivity index (χ2v) is 4.33. The van der Waals surface area contributed by atoms with E-state index in [0.29, 0.717) is 0 Å². The third-order valence-electron chi connectivity index (χ3n) is 2.13. The van der Waals surface area contributed by atoms with Crippen molar-refractivity contribution in [2.75, 3.05) is 5.43 Å². The van der Waals surface area contributed by atoms with Gasteiger partial charge < -0.3 is 5.43 Å². The standard InChI is InChI=1S/C12H13N3S/c13-15-10-4-6-12(7-5-10)16-9-11-3-1-2-8-14-11/h1-8,15H,9,13H2. The topological polar surface area (TPSA) is 50.9 Å². The first-order chi connectivity index (χ1) is 7.88.